The van der Waals surface area contributed by atoms with E-state index < -0.39 is 0 Å². The molecule has 2 amide bonds. The van der Waals surface area contributed by atoms with Gasteiger partial charge in [-0.1, -0.05) is 23.7 Å². The normalized spacial score (nSPS) is 15.9. The Morgan fingerprint density at radius 3 is 2.45 bits per heavy atom. The summed E-state index contributed by atoms with van der Waals surface area (Å²) in [5.41, 5.74) is 7.32. The van der Waals surface area contributed by atoms with Crippen molar-refractivity contribution in [3.8, 4) is 0 Å². The van der Waals surface area contributed by atoms with Gasteiger partial charge in [-0.3, -0.25) is 9.59 Å². The topological polar surface area (TPSA) is 66.6 Å². The number of amides is 2. The third kappa shape index (κ3) is 3.11. The Labute approximate surface area is 123 Å². The molecule has 0 saturated carbocycles. The molecular formula is C14H18ClN3O2. The summed E-state index contributed by atoms with van der Waals surface area (Å²) in [6.07, 6.45) is 0. The van der Waals surface area contributed by atoms with E-state index in [2.05, 4.69) is 0 Å². The van der Waals surface area contributed by atoms with Gasteiger partial charge in [0.2, 0.25) is 11.8 Å². The summed E-state index contributed by atoms with van der Waals surface area (Å²) >= 11 is 6.18. The highest BCUT2D eigenvalue weighted by Crippen LogP contribution is 2.20. The SMILES string of the molecule is CCN1CC(=O)N(Cc2ccc(CN)cc2Cl)CC1=O. The number of hydrogen-bond donors (Lipinski definition) is 1. The van der Waals surface area contributed by atoms with Crippen molar-refractivity contribution in [3.63, 3.8) is 0 Å². The summed E-state index contributed by atoms with van der Waals surface area (Å²) < 4.78 is 0. The smallest absolute Gasteiger partial charge is 0.242 e. The first-order valence-corrected chi connectivity index (χ1v) is 6.95. The molecule has 1 saturated heterocycles. The molecule has 0 atom stereocenters. The van der Waals surface area contributed by atoms with E-state index >= 15 is 0 Å². The van der Waals surface area contributed by atoms with Crippen molar-refractivity contribution in [1.29, 1.82) is 0 Å². The Hall–Kier alpha value is -1.59. The number of likely N-dealkylation sites (N-methyl/N-ethyl adjacent to an activating group) is 1. The van der Waals surface area contributed by atoms with E-state index in [9.17, 15) is 9.59 Å². The number of rotatable bonds is 4. The van der Waals surface area contributed by atoms with Gasteiger partial charge in [-0.2, -0.15) is 0 Å². The van der Waals surface area contributed by atoms with Gasteiger partial charge in [0, 0.05) is 24.7 Å². The van der Waals surface area contributed by atoms with Crippen LogP contribution in [0, 0.1) is 0 Å². The molecule has 1 aliphatic heterocycles. The van der Waals surface area contributed by atoms with Crippen LogP contribution in [0.3, 0.4) is 0 Å². The van der Waals surface area contributed by atoms with Crippen molar-refractivity contribution in [2.75, 3.05) is 19.6 Å². The molecule has 1 aromatic carbocycles. The first-order chi connectivity index (χ1) is 9.55. The molecule has 0 aromatic heterocycles. The highest BCUT2D eigenvalue weighted by Gasteiger charge is 2.29. The Morgan fingerprint density at radius 2 is 1.85 bits per heavy atom. The lowest BCUT2D eigenvalue weighted by atomic mass is 10.1. The average molecular weight is 296 g/mol. The maximum Gasteiger partial charge on any atom is 0.242 e. The van der Waals surface area contributed by atoms with Gasteiger partial charge >= 0.3 is 0 Å². The molecule has 0 aliphatic carbocycles. The molecule has 0 unspecified atom stereocenters. The van der Waals surface area contributed by atoms with Crippen molar-refractivity contribution < 1.29 is 9.59 Å². The predicted molar refractivity (Wildman–Crippen MR) is 77.0 cm³/mol. The van der Waals surface area contributed by atoms with Gasteiger partial charge in [0.05, 0.1) is 6.54 Å². The summed E-state index contributed by atoms with van der Waals surface area (Å²) in [4.78, 5) is 26.9. The second-order valence-electron chi connectivity index (χ2n) is 4.79. The number of benzene rings is 1. The zero-order valence-corrected chi connectivity index (χ0v) is 12.2. The van der Waals surface area contributed by atoms with Crippen molar-refractivity contribution in [2.45, 2.75) is 20.0 Å². The molecule has 20 heavy (non-hydrogen) atoms. The van der Waals surface area contributed by atoms with Crippen molar-refractivity contribution in [3.05, 3.63) is 34.3 Å². The number of nitrogens with two attached hydrogens (primary N) is 1. The van der Waals surface area contributed by atoms with Crippen molar-refractivity contribution in [1.82, 2.24) is 9.80 Å². The zero-order chi connectivity index (χ0) is 14.7. The largest absolute Gasteiger partial charge is 0.332 e. The monoisotopic (exact) mass is 295 g/mol. The fourth-order valence-corrected chi connectivity index (χ4v) is 2.45. The van der Waals surface area contributed by atoms with E-state index in [-0.39, 0.29) is 24.9 Å². The molecular weight excluding hydrogens is 278 g/mol. The quantitative estimate of drug-likeness (QED) is 0.901. The second kappa shape index (κ2) is 6.24. The Balaban J connectivity index is 2.10. The number of hydrogen-bond acceptors (Lipinski definition) is 3. The minimum atomic E-state index is -0.0505. The first kappa shape index (κ1) is 14.8. The molecule has 6 heteroatoms. The molecule has 2 N–H and O–H groups in total. The van der Waals surface area contributed by atoms with E-state index in [0.717, 1.165) is 11.1 Å². The molecule has 1 aromatic rings. The zero-order valence-electron chi connectivity index (χ0n) is 11.4. The Kier molecular flexibility index (Phi) is 4.62. The fraction of sp³-hybridized carbons (Fsp3) is 0.429. The minimum Gasteiger partial charge on any atom is -0.332 e. The van der Waals surface area contributed by atoms with Gasteiger partial charge in [-0.25, -0.2) is 0 Å². The second-order valence-corrected chi connectivity index (χ2v) is 5.19. The molecule has 0 bridgehead atoms. The van der Waals surface area contributed by atoms with Gasteiger partial charge in [0.1, 0.15) is 6.54 Å². The minimum absolute atomic E-state index is 0.0261. The summed E-state index contributed by atoms with van der Waals surface area (Å²) in [5, 5.41) is 0.575. The van der Waals surface area contributed by atoms with E-state index in [1.54, 1.807) is 11.0 Å². The summed E-state index contributed by atoms with van der Waals surface area (Å²) in [5.74, 6) is -0.0766. The van der Waals surface area contributed by atoms with Gasteiger partial charge in [-0.05, 0) is 24.1 Å². The summed E-state index contributed by atoms with van der Waals surface area (Å²) in [6.45, 7) is 3.46. The first-order valence-electron chi connectivity index (χ1n) is 6.58. The molecule has 2 rings (SSSR count). The molecule has 1 heterocycles. The van der Waals surface area contributed by atoms with Crippen molar-refractivity contribution >= 4 is 23.4 Å². The lowest BCUT2D eigenvalue weighted by Gasteiger charge is -2.33. The van der Waals surface area contributed by atoms with Crippen LogP contribution in [0.25, 0.3) is 0 Å². The predicted octanol–water partition coefficient (Wildman–Crippen LogP) is 0.989. The average Bonchev–Trinajstić information content (AvgIpc) is 2.44. The number of carbonyl (C=O) groups excluding carboxylic acids is 2. The van der Waals surface area contributed by atoms with Gasteiger partial charge in [0.25, 0.3) is 0 Å². The van der Waals surface area contributed by atoms with E-state index in [4.69, 9.17) is 17.3 Å². The summed E-state index contributed by atoms with van der Waals surface area (Å²) in [6, 6.07) is 5.54. The molecule has 1 aliphatic rings. The lowest BCUT2D eigenvalue weighted by Crippen LogP contribution is -2.53. The molecule has 1 fully saturated rings. The van der Waals surface area contributed by atoms with Crippen molar-refractivity contribution in [2.24, 2.45) is 5.73 Å². The van der Waals surface area contributed by atoms with Crippen LogP contribution in [0.15, 0.2) is 18.2 Å². The van der Waals surface area contributed by atoms with Gasteiger partial charge in [0.15, 0.2) is 0 Å². The van der Waals surface area contributed by atoms with Crippen LogP contribution in [0.2, 0.25) is 5.02 Å². The van der Waals surface area contributed by atoms with Crippen LogP contribution in [-0.2, 0) is 22.7 Å². The number of nitrogens with zero attached hydrogens (tertiary/aromatic N) is 2. The van der Waals surface area contributed by atoms with E-state index in [0.29, 0.717) is 24.7 Å². The van der Waals surface area contributed by atoms with Crippen LogP contribution in [0.5, 0.6) is 0 Å². The van der Waals surface area contributed by atoms with E-state index in [1.807, 2.05) is 19.1 Å². The van der Waals surface area contributed by atoms with Crippen LogP contribution in [0.4, 0.5) is 0 Å². The molecule has 0 spiro atoms. The maximum absolute atomic E-state index is 12.0. The van der Waals surface area contributed by atoms with Crippen LogP contribution in [0.1, 0.15) is 18.1 Å². The highest BCUT2D eigenvalue weighted by atomic mass is 35.5. The number of halogens is 1. The third-order valence-corrected chi connectivity index (χ3v) is 3.81. The highest BCUT2D eigenvalue weighted by molar-refractivity contribution is 6.31. The van der Waals surface area contributed by atoms with Crippen LogP contribution < -0.4 is 5.73 Å². The summed E-state index contributed by atoms with van der Waals surface area (Å²) in [7, 11) is 0. The van der Waals surface area contributed by atoms with Crippen LogP contribution in [-0.4, -0.2) is 41.2 Å². The van der Waals surface area contributed by atoms with Gasteiger partial charge < -0.3 is 15.5 Å². The maximum atomic E-state index is 12.0. The standard InChI is InChI=1S/C14H18ClN3O2/c1-2-17-8-14(20)18(9-13(17)19)7-11-4-3-10(6-16)5-12(11)15/h3-5H,2,6-9,16H2,1H3. The molecule has 0 radical (unpaired) electrons. The third-order valence-electron chi connectivity index (χ3n) is 3.45. The van der Waals surface area contributed by atoms with Gasteiger partial charge in [-0.15, -0.1) is 0 Å². The van der Waals surface area contributed by atoms with Crippen LogP contribution >= 0.6 is 11.6 Å². The molecule has 108 valence electrons. The Bertz CT molecular complexity index is 533. The fourth-order valence-electron chi connectivity index (χ4n) is 2.19. The molecule has 5 nitrogen and oxygen atoms in total. The van der Waals surface area contributed by atoms with E-state index in [1.165, 1.54) is 4.90 Å². The lowest BCUT2D eigenvalue weighted by molar-refractivity contribution is -0.150. The number of piperazine rings is 1. The Morgan fingerprint density at radius 1 is 1.20 bits per heavy atom. The number of carbonyl (C=O) groups is 2.